The number of nitrogens with two attached hydrogens (primary N) is 1. The average Bonchev–Trinajstić information content (AvgIpc) is 2.52. The van der Waals surface area contributed by atoms with Gasteiger partial charge in [-0.2, -0.15) is 0 Å². The number of nitrogens with zero attached hydrogens (tertiary/aromatic N) is 2. The predicted molar refractivity (Wildman–Crippen MR) is 89.7 cm³/mol. The van der Waals surface area contributed by atoms with Gasteiger partial charge in [0.05, 0.1) is 30.1 Å². The second-order valence-electron chi connectivity index (χ2n) is 5.40. The Bertz CT molecular complexity index is 692. The summed E-state index contributed by atoms with van der Waals surface area (Å²) in [6.45, 7) is 4.53. The van der Waals surface area contributed by atoms with Gasteiger partial charge in [0.2, 0.25) is 5.78 Å². The van der Waals surface area contributed by atoms with Crippen molar-refractivity contribution in [3.05, 3.63) is 35.5 Å². The molecule has 3 N–H and O–H groups in total. The summed E-state index contributed by atoms with van der Waals surface area (Å²) in [6, 6.07) is 5.23. The Hall–Kier alpha value is -2.47. The number of anilines is 1. The summed E-state index contributed by atoms with van der Waals surface area (Å²) in [5, 5.41) is 9.05. The zero-order valence-corrected chi connectivity index (χ0v) is 13.4. The van der Waals surface area contributed by atoms with Crippen molar-refractivity contribution in [2.24, 2.45) is 4.99 Å². The van der Waals surface area contributed by atoms with Crippen LogP contribution in [0.4, 0.5) is 11.4 Å². The Labute approximate surface area is 135 Å². The van der Waals surface area contributed by atoms with Gasteiger partial charge in [0.25, 0.3) is 0 Å². The van der Waals surface area contributed by atoms with Crippen molar-refractivity contribution in [1.82, 2.24) is 4.90 Å². The van der Waals surface area contributed by atoms with Crippen molar-refractivity contribution >= 4 is 28.7 Å². The Morgan fingerprint density at radius 3 is 2.70 bits per heavy atom. The van der Waals surface area contributed by atoms with Crippen molar-refractivity contribution < 1.29 is 14.7 Å². The predicted octanol–water partition coefficient (Wildman–Crippen LogP) is 1.39. The highest BCUT2D eigenvalue weighted by Crippen LogP contribution is 2.22. The molecule has 0 radical (unpaired) electrons. The van der Waals surface area contributed by atoms with Gasteiger partial charge in [-0.05, 0) is 37.6 Å². The summed E-state index contributed by atoms with van der Waals surface area (Å²) in [4.78, 5) is 30.5. The molecule has 1 aliphatic rings. The number of Topliss-reactive ketones (excluding diaryl/α,β-unsaturated/α-hetero) is 1. The van der Waals surface area contributed by atoms with Crippen LogP contribution in [0.3, 0.4) is 0 Å². The number of allylic oxidation sites excluding steroid dienone is 2. The normalized spacial score (nSPS) is 16.7. The molecular weight excluding hydrogens is 294 g/mol. The summed E-state index contributed by atoms with van der Waals surface area (Å²) in [5.74, 6) is -0.434. The summed E-state index contributed by atoms with van der Waals surface area (Å²) < 4.78 is 0. The number of aryl methyl sites for hydroxylation is 1. The topological polar surface area (TPSA) is 96.0 Å². The Kier molecular flexibility index (Phi) is 5.28. The molecule has 0 bridgehead atoms. The van der Waals surface area contributed by atoms with E-state index in [1.807, 2.05) is 13.8 Å². The molecule has 0 spiro atoms. The third kappa shape index (κ3) is 3.84. The monoisotopic (exact) mass is 315 g/mol. The maximum atomic E-state index is 12.3. The number of likely N-dealkylation sites (N-methyl/N-ethyl adjacent to an activating group) is 1. The van der Waals surface area contributed by atoms with Crippen molar-refractivity contribution in [3.8, 4) is 0 Å². The number of aliphatic hydroxyl groups excluding tert-OH is 1. The zero-order chi connectivity index (χ0) is 17.0. The lowest BCUT2D eigenvalue weighted by Crippen LogP contribution is -2.35. The first-order chi connectivity index (χ1) is 11.0. The number of aliphatic hydroxyl groups is 1. The quantitative estimate of drug-likeness (QED) is 0.801. The van der Waals surface area contributed by atoms with Gasteiger partial charge < -0.3 is 15.7 Å². The minimum atomic E-state index is -0.273. The summed E-state index contributed by atoms with van der Waals surface area (Å²) in [6.07, 6.45) is 1.28. The lowest BCUT2D eigenvalue weighted by atomic mass is 9.98. The number of hydrogen-bond donors (Lipinski definition) is 2. The number of carbonyl (C=O) groups is 2. The van der Waals surface area contributed by atoms with E-state index in [4.69, 9.17) is 10.8 Å². The standard InChI is InChI=1S/C17H21N3O3/c1-3-20(6-7-21)15-10-16(22)14(9-17(15)23)19-12-4-5-13(18)11(2)8-12/h4-5,8,10,21H,3,6-7,9,18H2,1-2H3. The molecule has 0 saturated heterocycles. The van der Waals surface area contributed by atoms with Crippen LogP contribution in [0.5, 0.6) is 0 Å². The number of aliphatic imine (C=N–C) groups is 1. The fourth-order valence-corrected chi connectivity index (χ4v) is 2.43. The summed E-state index contributed by atoms with van der Waals surface area (Å²) in [7, 11) is 0. The van der Waals surface area contributed by atoms with Gasteiger partial charge in [0.1, 0.15) is 0 Å². The summed E-state index contributed by atoms with van der Waals surface area (Å²) >= 11 is 0. The first-order valence-electron chi connectivity index (χ1n) is 7.55. The molecule has 0 unspecified atom stereocenters. The third-order valence-corrected chi connectivity index (χ3v) is 3.78. The second kappa shape index (κ2) is 7.19. The molecule has 1 aromatic rings. The molecule has 0 saturated carbocycles. The molecule has 0 fully saturated rings. The Balaban J connectivity index is 2.29. The first kappa shape index (κ1) is 16.9. The van der Waals surface area contributed by atoms with Crippen LogP contribution in [-0.4, -0.2) is 47.0 Å². The van der Waals surface area contributed by atoms with Gasteiger partial charge in [0.15, 0.2) is 5.78 Å². The average molecular weight is 315 g/mol. The second-order valence-corrected chi connectivity index (χ2v) is 5.40. The van der Waals surface area contributed by atoms with Crippen molar-refractivity contribution in [2.45, 2.75) is 20.3 Å². The van der Waals surface area contributed by atoms with E-state index in [0.29, 0.717) is 30.2 Å². The number of nitrogen functional groups attached to an aromatic ring is 1. The van der Waals surface area contributed by atoms with E-state index in [-0.39, 0.29) is 30.3 Å². The van der Waals surface area contributed by atoms with Gasteiger partial charge in [-0.3, -0.25) is 9.59 Å². The van der Waals surface area contributed by atoms with Gasteiger partial charge in [0, 0.05) is 24.9 Å². The van der Waals surface area contributed by atoms with E-state index < -0.39 is 0 Å². The maximum absolute atomic E-state index is 12.3. The highest BCUT2D eigenvalue weighted by molar-refractivity contribution is 6.50. The highest BCUT2D eigenvalue weighted by Gasteiger charge is 2.27. The molecule has 0 heterocycles. The number of hydrogen-bond acceptors (Lipinski definition) is 6. The third-order valence-electron chi connectivity index (χ3n) is 3.78. The Morgan fingerprint density at radius 2 is 2.09 bits per heavy atom. The fraction of sp³-hybridized carbons (Fsp3) is 0.353. The largest absolute Gasteiger partial charge is 0.399 e. The lowest BCUT2D eigenvalue weighted by molar-refractivity contribution is -0.118. The van der Waals surface area contributed by atoms with E-state index in [1.54, 1.807) is 23.1 Å². The maximum Gasteiger partial charge on any atom is 0.202 e. The first-order valence-corrected chi connectivity index (χ1v) is 7.55. The van der Waals surface area contributed by atoms with Crippen LogP contribution in [0.15, 0.2) is 35.0 Å². The van der Waals surface area contributed by atoms with Crippen LogP contribution >= 0.6 is 0 Å². The SMILES string of the molecule is CCN(CCO)C1=CC(=O)C(=Nc2ccc(N)c(C)c2)CC1=O. The molecule has 23 heavy (non-hydrogen) atoms. The molecule has 0 atom stereocenters. The van der Waals surface area contributed by atoms with Crippen molar-refractivity contribution in [1.29, 1.82) is 0 Å². The zero-order valence-electron chi connectivity index (χ0n) is 13.4. The Morgan fingerprint density at radius 1 is 1.35 bits per heavy atom. The lowest BCUT2D eigenvalue weighted by Gasteiger charge is -2.26. The molecule has 0 aromatic heterocycles. The van der Waals surface area contributed by atoms with E-state index in [9.17, 15) is 9.59 Å². The van der Waals surface area contributed by atoms with Crippen LogP contribution in [-0.2, 0) is 9.59 Å². The molecule has 0 amide bonds. The van der Waals surface area contributed by atoms with Crippen molar-refractivity contribution in [2.75, 3.05) is 25.4 Å². The minimum Gasteiger partial charge on any atom is -0.399 e. The molecule has 1 aromatic carbocycles. The molecule has 6 heteroatoms. The van der Waals surface area contributed by atoms with Crippen LogP contribution < -0.4 is 5.73 Å². The van der Waals surface area contributed by atoms with Crippen LogP contribution in [0.1, 0.15) is 18.9 Å². The van der Waals surface area contributed by atoms with E-state index >= 15 is 0 Å². The van der Waals surface area contributed by atoms with E-state index in [2.05, 4.69) is 4.99 Å². The number of rotatable bonds is 5. The number of benzene rings is 1. The van der Waals surface area contributed by atoms with Crippen molar-refractivity contribution in [3.63, 3.8) is 0 Å². The van der Waals surface area contributed by atoms with E-state index in [0.717, 1.165) is 5.56 Å². The van der Waals surface area contributed by atoms with Gasteiger partial charge in [-0.1, -0.05) is 0 Å². The highest BCUT2D eigenvalue weighted by atomic mass is 16.3. The number of carbonyl (C=O) groups excluding carboxylic acids is 2. The minimum absolute atomic E-state index is 0.0317. The molecule has 2 rings (SSSR count). The van der Waals surface area contributed by atoms with Crippen LogP contribution in [0.25, 0.3) is 0 Å². The fourth-order valence-electron chi connectivity index (χ4n) is 2.43. The van der Waals surface area contributed by atoms with Gasteiger partial charge in [-0.15, -0.1) is 0 Å². The smallest absolute Gasteiger partial charge is 0.202 e. The van der Waals surface area contributed by atoms with Crippen LogP contribution in [0, 0.1) is 6.92 Å². The number of ketones is 2. The molecule has 6 nitrogen and oxygen atoms in total. The molecule has 1 aliphatic carbocycles. The molecule has 0 aliphatic heterocycles. The molecular formula is C17H21N3O3. The van der Waals surface area contributed by atoms with Gasteiger partial charge >= 0.3 is 0 Å². The van der Waals surface area contributed by atoms with E-state index in [1.165, 1.54) is 6.08 Å². The van der Waals surface area contributed by atoms with Crippen LogP contribution in [0.2, 0.25) is 0 Å². The van der Waals surface area contributed by atoms with Gasteiger partial charge in [-0.25, -0.2) is 4.99 Å². The summed E-state index contributed by atoms with van der Waals surface area (Å²) in [5.41, 5.74) is 8.47. The molecule has 122 valence electrons.